The molecule has 1 fully saturated rings. The van der Waals surface area contributed by atoms with Crippen molar-refractivity contribution in [3.8, 4) is 0 Å². The normalized spacial score (nSPS) is 26.5. The molecule has 1 heterocycles. The van der Waals surface area contributed by atoms with Crippen molar-refractivity contribution < 1.29 is 4.79 Å². The smallest absolute Gasteiger partial charge is 0.317 e. The van der Waals surface area contributed by atoms with Crippen LogP contribution >= 0.6 is 0 Å². The van der Waals surface area contributed by atoms with E-state index in [4.69, 9.17) is 0 Å². The summed E-state index contributed by atoms with van der Waals surface area (Å²) in [6.07, 6.45) is 1.12. The minimum absolute atomic E-state index is 0.0920. The molecule has 2 amide bonds. The lowest BCUT2D eigenvalue weighted by atomic mass is 9.79. The number of carbonyl (C=O) groups is 1. The highest BCUT2D eigenvalue weighted by Crippen LogP contribution is 2.36. The summed E-state index contributed by atoms with van der Waals surface area (Å²) < 4.78 is 0. The van der Waals surface area contributed by atoms with Gasteiger partial charge in [0.15, 0.2) is 0 Å². The quantitative estimate of drug-likeness (QED) is 0.749. The summed E-state index contributed by atoms with van der Waals surface area (Å²) in [5.41, 5.74) is 0.300. The van der Waals surface area contributed by atoms with E-state index in [0.29, 0.717) is 11.3 Å². The number of carbonyl (C=O) groups excluding carboxylic acids is 1. The van der Waals surface area contributed by atoms with E-state index < -0.39 is 0 Å². The molecule has 0 aliphatic carbocycles. The highest BCUT2D eigenvalue weighted by molar-refractivity contribution is 5.74. The first kappa shape index (κ1) is 12.3. The highest BCUT2D eigenvalue weighted by Gasteiger charge is 2.38. The van der Waals surface area contributed by atoms with Crippen LogP contribution in [0.15, 0.2) is 0 Å². The van der Waals surface area contributed by atoms with E-state index in [2.05, 4.69) is 26.1 Å². The Morgan fingerprint density at radius 3 is 2.33 bits per heavy atom. The number of rotatable bonds is 2. The van der Waals surface area contributed by atoms with Gasteiger partial charge in [-0.05, 0) is 31.6 Å². The van der Waals surface area contributed by atoms with Gasteiger partial charge in [-0.2, -0.15) is 0 Å². The van der Waals surface area contributed by atoms with E-state index in [9.17, 15) is 4.79 Å². The van der Waals surface area contributed by atoms with Crippen LogP contribution < -0.4 is 5.32 Å². The van der Waals surface area contributed by atoms with Crippen LogP contribution in [0.4, 0.5) is 4.79 Å². The molecule has 3 heteroatoms. The van der Waals surface area contributed by atoms with Crippen molar-refractivity contribution in [2.24, 2.45) is 11.3 Å². The Morgan fingerprint density at radius 2 is 1.93 bits per heavy atom. The first-order valence-corrected chi connectivity index (χ1v) is 5.90. The van der Waals surface area contributed by atoms with Crippen LogP contribution in [0.1, 0.15) is 41.0 Å². The summed E-state index contributed by atoms with van der Waals surface area (Å²) in [6.45, 7) is 12.5. The number of nitrogens with one attached hydrogen (secondary N) is 1. The molecule has 0 spiro atoms. The number of nitrogens with zero attached hydrogens (tertiary/aromatic N) is 1. The Hall–Kier alpha value is -0.730. The Bertz CT molecular complexity index is 238. The Labute approximate surface area is 93.2 Å². The Kier molecular flexibility index (Phi) is 3.63. The van der Waals surface area contributed by atoms with Crippen molar-refractivity contribution in [3.63, 3.8) is 0 Å². The first-order valence-electron chi connectivity index (χ1n) is 5.90. The lowest BCUT2D eigenvalue weighted by molar-refractivity contribution is 0.186. The first-order chi connectivity index (χ1) is 6.85. The largest absolute Gasteiger partial charge is 0.336 e. The molecule has 1 N–H and O–H groups in total. The van der Waals surface area contributed by atoms with Crippen molar-refractivity contribution in [2.45, 2.75) is 47.1 Å². The van der Waals surface area contributed by atoms with Crippen molar-refractivity contribution in [2.75, 3.05) is 13.1 Å². The van der Waals surface area contributed by atoms with Crippen molar-refractivity contribution in [3.05, 3.63) is 0 Å². The van der Waals surface area contributed by atoms with E-state index in [1.807, 2.05) is 18.7 Å². The third-order valence-electron chi connectivity index (χ3n) is 3.60. The van der Waals surface area contributed by atoms with Gasteiger partial charge in [-0.25, -0.2) is 4.79 Å². The molecule has 0 aromatic heterocycles. The molecule has 1 aliphatic heterocycles. The average molecular weight is 212 g/mol. The second-order valence-electron chi connectivity index (χ2n) is 5.58. The molecule has 15 heavy (non-hydrogen) atoms. The topological polar surface area (TPSA) is 32.3 Å². The lowest BCUT2D eigenvalue weighted by Gasteiger charge is -2.29. The SMILES string of the molecule is CC(C)NC(=O)N1CC[C@](C)(C(C)C)C1. The number of hydrogen-bond donors (Lipinski definition) is 1. The van der Waals surface area contributed by atoms with Gasteiger partial charge in [0.25, 0.3) is 0 Å². The second-order valence-corrected chi connectivity index (χ2v) is 5.58. The average Bonchev–Trinajstić information content (AvgIpc) is 2.48. The van der Waals surface area contributed by atoms with Crippen molar-refractivity contribution >= 4 is 6.03 Å². The predicted molar refractivity (Wildman–Crippen MR) is 62.8 cm³/mol. The van der Waals surface area contributed by atoms with Gasteiger partial charge < -0.3 is 10.2 Å². The van der Waals surface area contributed by atoms with Crippen LogP contribution in [0.2, 0.25) is 0 Å². The standard InChI is InChI=1S/C12H24N2O/c1-9(2)12(5)6-7-14(8-12)11(15)13-10(3)4/h9-10H,6-8H2,1-5H3,(H,13,15)/t12-/m0/s1. The van der Waals surface area contributed by atoms with Crippen LogP contribution in [0.25, 0.3) is 0 Å². The van der Waals surface area contributed by atoms with Crippen LogP contribution in [-0.2, 0) is 0 Å². The molecule has 0 aromatic rings. The van der Waals surface area contributed by atoms with E-state index in [0.717, 1.165) is 19.5 Å². The molecule has 0 saturated carbocycles. The molecule has 0 bridgehead atoms. The molecule has 0 unspecified atom stereocenters. The minimum Gasteiger partial charge on any atom is -0.336 e. The molecule has 1 saturated heterocycles. The molecule has 3 nitrogen and oxygen atoms in total. The molecular formula is C12H24N2O. The fourth-order valence-electron chi connectivity index (χ4n) is 1.97. The number of hydrogen-bond acceptors (Lipinski definition) is 1. The summed E-state index contributed by atoms with van der Waals surface area (Å²) in [7, 11) is 0. The maximum absolute atomic E-state index is 11.8. The van der Waals surface area contributed by atoms with Crippen molar-refractivity contribution in [1.82, 2.24) is 10.2 Å². The Balaban J connectivity index is 2.52. The number of amides is 2. The van der Waals surface area contributed by atoms with E-state index in [1.54, 1.807) is 0 Å². The maximum atomic E-state index is 11.8. The highest BCUT2D eigenvalue weighted by atomic mass is 16.2. The molecule has 1 rings (SSSR count). The zero-order chi connectivity index (χ0) is 11.6. The van der Waals surface area contributed by atoms with Gasteiger partial charge in [-0.15, -0.1) is 0 Å². The minimum atomic E-state index is 0.0920. The lowest BCUT2D eigenvalue weighted by Crippen LogP contribution is -2.42. The summed E-state index contributed by atoms with van der Waals surface area (Å²) in [5.74, 6) is 0.634. The molecular weight excluding hydrogens is 188 g/mol. The molecule has 1 aliphatic rings. The third-order valence-corrected chi connectivity index (χ3v) is 3.60. The van der Waals surface area contributed by atoms with Gasteiger partial charge in [0.1, 0.15) is 0 Å². The van der Waals surface area contributed by atoms with E-state index >= 15 is 0 Å². The summed E-state index contributed by atoms with van der Waals surface area (Å²) in [4.78, 5) is 13.7. The molecule has 0 aromatic carbocycles. The summed E-state index contributed by atoms with van der Waals surface area (Å²) >= 11 is 0. The van der Waals surface area contributed by atoms with Crippen LogP contribution in [0.3, 0.4) is 0 Å². The zero-order valence-electron chi connectivity index (χ0n) is 10.6. The number of likely N-dealkylation sites (tertiary alicyclic amines) is 1. The van der Waals surface area contributed by atoms with Gasteiger partial charge in [0.05, 0.1) is 0 Å². The summed E-state index contributed by atoms with van der Waals surface area (Å²) in [6, 6.07) is 0.317. The molecule has 88 valence electrons. The van der Waals surface area contributed by atoms with Crippen molar-refractivity contribution in [1.29, 1.82) is 0 Å². The second kappa shape index (κ2) is 4.42. The predicted octanol–water partition coefficient (Wildman–Crippen LogP) is 2.47. The van der Waals surface area contributed by atoms with E-state index in [-0.39, 0.29) is 12.1 Å². The van der Waals surface area contributed by atoms with Crippen LogP contribution in [0.5, 0.6) is 0 Å². The zero-order valence-corrected chi connectivity index (χ0v) is 10.6. The van der Waals surface area contributed by atoms with Gasteiger partial charge >= 0.3 is 6.03 Å². The maximum Gasteiger partial charge on any atom is 0.317 e. The monoisotopic (exact) mass is 212 g/mol. The van der Waals surface area contributed by atoms with Crippen LogP contribution in [0, 0.1) is 11.3 Å². The fourth-order valence-corrected chi connectivity index (χ4v) is 1.97. The third kappa shape index (κ3) is 2.86. The molecule has 1 atom stereocenters. The van der Waals surface area contributed by atoms with Gasteiger partial charge in [-0.1, -0.05) is 20.8 Å². The molecule has 0 radical (unpaired) electrons. The van der Waals surface area contributed by atoms with Gasteiger partial charge in [0, 0.05) is 19.1 Å². The van der Waals surface area contributed by atoms with Gasteiger partial charge in [0.2, 0.25) is 0 Å². The fraction of sp³-hybridized carbons (Fsp3) is 0.917. The number of urea groups is 1. The van der Waals surface area contributed by atoms with E-state index in [1.165, 1.54) is 0 Å². The summed E-state index contributed by atoms with van der Waals surface area (Å²) in [5, 5.41) is 2.95. The van der Waals surface area contributed by atoms with Gasteiger partial charge in [-0.3, -0.25) is 0 Å². The van der Waals surface area contributed by atoms with Crippen LogP contribution in [-0.4, -0.2) is 30.1 Å². The Morgan fingerprint density at radius 1 is 1.33 bits per heavy atom.